The van der Waals surface area contributed by atoms with Gasteiger partial charge < -0.3 is 5.32 Å². The van der Waals surface area contributed by atoms with Gasteiger partial charge in [-0.15, -0.1) is 0 Å². The summed E-state index contributed by atoms with van der Waals surface area (Å²) >= 11 is 0. The minimum atomic E-state index is -0.449. The highest BCUT2D eigenvalue weighted by Crippen LogP contribution is 2.28. The smallest absolute Gasteiger partial charge is 0.307 e. The first-order valence-corrected chi connectivity index (χ1v) is 8.26. The van der Waals surface area contributed by atoms with Crippen molar-refractivity contribution >= 4 is 17.5 Å². The van der Waals surface area contributed by atoms with Crippen LogP contribution in [0.15, 0.2) is 36.7 Å². The second kappa shape index (κ2) is 6.99. The Morgan fingerprint density at radius 2 is 2.00 bits per heavy atom. The third-order valence-electron chi connectivity index (χ3n) is 3.90. The number of carbonyl (C=O) groups is 1. The highest BCUT2D eigenvalue weighted by molar-refractivity contribution is 6.01. The molecule has 0 aliphatic heterocycles. The summed E-state index contributed by atoms with van der Waals surface area (Å²) in [6, 6.07) is 5.73. The molecule has 0 unspecified atom stereocenters. The number of hydrogen-bond donors (Lipinski definition) is 2. The van der Waals surface area contributed by atoms with Crippen molar-refractivity contribution in [2.75, 3.05) is 10.6 Å². The molecule has 2 aromatic heterocycles. The minimum absolute atomic E-state index is 0.197. The number of nitrogens with one attached hydrogen (secondary N) is 2. The summed E-state index contributed by atoms with van der Waals surface area (Å²) in [6.45, 7) is 5.96. The van der Waals surface area contributed by atoms with E-state index in [1.807, 2.05) is 25.5 Å². The molecular weight excluding hydrogens is 335 g/mol. The molecule has 0 fully saturated rings. The van der Waals surface area contributed by atoms with Gasteiger partial charge >= 0.3 is 6.03 Å². The predicted octanol–water partition coefficient (Wildman–Crippen LogP) is 3.96. The van der Waals surface area contributed by atoms with Crippen LogP contribution in [-0.2, 0) is 7.05 Å². The maximum Gasteiger partial charge on any atom is 0.324 e. The summed E-state index contributed by atoms with van der Waals surface area (Å²) in [4.78, 5) is 12.4. The third-order valence-corrected chi connectivity index (χ3v) is 3.90. The Bertz CT molecular complexity index is 943. The van der Waals surface area contributed by atoms with E-state index in [2.05, 4.69) is 20.8 Å². The van der Waals surface area contributed by atoms with E-state index in [-0.39, 0.29) is 11.9 Å². The average molecular weight is 356 g/mol. The van der Waals surface area contributed by atoms with Crippen LogP contribution in [-0.4, -0.2) is 25.6 Å². The van der Waals surface area contributed by atoms with Gasteiger partial charge in [0.25, 0.3) is 0 Å². The molecule has 8 heteroatoms. The van der Waals surface area contributed by atoms with Crippen LogP contribution in [0.2, 0.25) is 0 Å². The van der Waals surface area contributed by atoms with Crippen LogP contribution < -0.4 is 10.6 Å². The van der Waals surface area contributed by atoms with Crippen molar-refractivity contribution in [3.8, 4) is 11.1 Å². The Labute approximate surface area is 150 Å². The molecule has 0 bridgehead atoms. The fourth-order valence-corrected chi connectivity index (χ4v) is 2.77. The molecule has 0 atom stereocenters. The lowest BCUT2D eigenvalue weighted by molar-refractivity contribution is 0.262. The first-order valence-electron chi connectivity index (χ1n) is 8.26. The van der Waals surface area contributed by atoms with Gasteiger partial charge in [0, 0.05) is 42.2 Å². The molecule has 0 radical (unpaired) electrons. The van der Waals surface area contributed by atoms with Gasteiger partial charge in [-0.1, -0.05) is 0 Å². The summed E-state index contributed by atoms with van der Waals surface area (Å²) in [6.07, 6.45) is 3.37. The number of carbonyl (C=O) groups excluding carboxylic acids is 1. The van der Waals surface area contributed by atoms with Crippen LogP contribution >= 0.6 is 0 Å². The number of aryl methyl sites for hydroxylation is 2. The number of amides is 2. The topological polar surface area (TPSA) is 76.8 Å². The zero-order chi connectivity index (χ0) is 18.8. The van der Waals surface area contributed by atoms with E-state index in [4.69, 9.17) is 0 Å². The first-order chi connectivity index (χ1) is 12.3. The molecule has 0 aliphatic carbocycles. The number of rotatable bonds is 4. The van der Waals surface area contributed by atoms with Crippen molar-refractivity contribution in [3.63, 3.8) is 0 Å². The molecule has 7 nitrogen and oxygen atoms in total. The zero-order valence-corrected chi connectivity index (χ0v) is 15.1. The Hall–Kier alpha value is -3.16. The summed E-state index contributed by atoms with van der Waals surface area (Å²) in [7, 11) is 1.77. The fraction of sp³-hybridized carbons (Fsp3) is 0.278. The lowest BCUT2D eigenvalue weighted by Gasteiger charge is -2.11. The van der Waals surface area contributed by atoms with Crippen LogP contribution in [0.4, 0.5) is 20.7 Å². The number of hydrogen-bond acceptors (Lipinski definition) is 3. The van der Waals surface area contributed by atoms with Crippen molar-refractivity contribution in [2.45, 2.75) is 26.8 Å². The van der Waals surface area contributed by atoms with Gasteiger partial charge in [-0.3, -0.25) is 14.7 Å². The van der Waals surface area contributed by atoms with Crippen molar-refractivity contribution in [1.29, 1.82) is 0 Å². The van der Waals surface area contributed by atoms with Crippen molar-refractivity contribution in [3.05, 3.63) is 48.2 Å². The second-order valence-corrected chi connectivity index (χ2v) is 6.38. The van der Waals surface area contributed by atoms with Gasteiger partial charge in [-0.2, -0.15) is 10.2 Å². The molecular formula is C18H21FN6O. The van der Waals surface area contributed by atoms with Gasteiger partial charge in [-0.25, -0.2) is 9.18 Å². The van der Waals surface area contributed by atoms with Crippen LogP contribution in [0.3, 0.4) is 0 Å². The van der Waals surface area contributed by atoms with E-state index in [1.165, 1.54) is 18.2 Å². The Balaban J connectivity index is 1.80. The summed E-state index contributed by atoms with van der Waals surface area (Å²) < 4.78 is 17.1. The molecule has 0 spiro atoms. The van der Waals surface area contributed by atoms with Gasteiger partial charge in [0.05, 0.1) is 11.9 Å². The standard InChI is InChI=1S/C18H21FN6O/c1-11(2)25-12(3)7-17(23-25)22-18(26)21-16-6-5-14(19)8-15(16)13-9-20-24(4)10-13/h5-11H,1-4H3,(H2,21,22,23,26). The minimum Gasteiger partial charge on any atom is -0.307 e. The number of halogens is 1. The molecule has 3 aromatic rings. The number of anilines is 2. The van der Waals surface area contributed by atoms with Gasteiger partial charge in [0.2, 0.25) is 0 Å². The molecule has 1 aromatic carbocycles. The lowest BCUT2D eigenvalue weighted by atomic mass is 10.1. The maximum absolute atomic E-state index is 13.7. The van der Waals surface area contributed by atoms with Crippen molar-refractivity contribution in [1.82, 2.24) is 19.6 Å². The quantitative estimate of drug-likeness (QED) is 0.743. The lowest BCUT2D eigenvalue weighted by Crippen LogP contribution is -2.20. The Kier molecular flexibility index (Phi) is 4.75. The van der Waals surface area contributed by atoms with Gasteiger partial charge in [0.1, 0.15) is 5.82 Å². The van der Waals surface area contributed by atoms with Crippen LogP contribution in [0, 0.1) is 12.7 Å². The van der Waals surface area contributed by atoms with E-state index >= 15 is 0 Å². The van der Waals surface area contributed by atoms with E-state index in [9.17, 15) is 9.18 Å². The molecule has 0 saturated heterocycles. The van der Waals surface area contributed by atoms with Crippen LogP contribution in [0.5, 0.6) is 0 Å². The fourth-order valence-electron chi connectivity index (χ4n) is 2.77. The summed E-state index contributed by atoms with van der Waals surface area (Å²) in [5.74, 6) is 0.0693. The predicted molar refractivity (Wildman–Crippen MR) is 98.6 cm³/mol. The first kappa shape index (κ1) is 17.7. The van der Waals surface area contributed by atoms with E-state index in [0.29, 0.717) is 22.6 Å². The zero-order valence-electron chi connectivity index (χ0n) is 15.1. The van der Waals surface area contributed by atoms with E-state index in [1.54, 1.807) is 30.2 Å². The maximum atomic E-state index is 13.7. The molecule has 2 N–H and O–H groups in total. The SMILES string of the molecule is Cc1cc(NC(=O)Nc2ccc(F)cc2-c2cnn(C)c2)nn1C(C)C. The number of benzene rings is 1. The molecule has 136 valence electrons. The van der Waals surface area contributed by atoms with Crippen molar-refractivity contribution in [2.24, 2.45) is 7.05 Å². The molecule has 3 rings (SSSR count). The number of nitrogens with zero attached hydrogens (tertiary/aromatic N) is 4. The summed E-state index contributed by atoms with van der Waals surface area (Å²) in [5, 5.41) is 13.9. The van der Waals surface area contributed by atoms with E-state index < -0.39 is 6.03 Å². The average Bonchev–Trinajstić information content (AvgIpc) is 3.15. The Morgan fingerprint density at radius 3 is 2.62 bits per heavy atom. The molecule has 0 aliphatic rings. The highest BCUT2D eigenvalue weighted by atomic mass is 19.1. The number of urea groups is 1. The van der Waals surface area contributed by atoms with Crippen molar-refractivity contribution < 1.29 is 9.18 Å². The number of aromatic nitrogens is 4. The van der Waals surface area contributed by atoms with Crippen LogP contribution in [0.1, 0.15) is 25.6 Å². The highest BCUT2D eigenvalue weighted by Gasteiger charge is 2.13. The summed E-state index contributed by atoms with van der Waals surface area (Å²) in [5.41, 5.74) is 2.70. The molecule has 2 amide bonds. The van der Waals surface area contributed by atoms with Gasteiger partial charge in [-0.05, 0) is 39.0 Å². The molecule has 26 heavy (non-hydrogen) atoms. The molecule has 0 saturated carbocycles. The van der Waals surface area contributed by atoms with Crippen LogP contribution in [0.25, 0.3) is 11.1 Å². The van der Waals surface area contributed by atoms with E-state index in [0.717, 1.165) is 5.69 Å². The third kappa shape index (κ3) is 3.74. The monoisotopic (exact) mass is 356 g/mol. The van der Waals surface area contributed by atoms with Gasteiger partial charge in [0.15, 0.2) is 5.82 Å². The Morgan fingerprint density at radius 1 is 1.23 bits per heavy atom. The second-order valence-electron chi connectivity index (χ2n) is 6.38. The molecule has 2 heterocycles. The largest absolute Gasteiger partial charge is 0.324 e. The normalized spacial score (nSPS) is 11.0.